The average Bonchev–Trinajstić information content (AvgIpc) is 2.54. The van der Waals surface area contributed by atoms with E-state index in [-0.39, 0.29) is 11.2 Å². The summed E-state index contributed by atoms with van der Waals surface area (Å²) in [7, 11) is 0. The molecule has 0 fully saturated rings. The Balaban J connectivity index is 1.88. The molecule has 0 aliphatic heterocycles. The summed E-state index contributed by atoms with van der Waals surface area (Å²) in [4.78, 5) is 0. The van der Waals surface area contributed by atoms with Gasteiger partial charge in [-0.05, 0) is 30.5 Å². The maximum absolute atomic E-state index is 13.4. The number of para-hydroxylation sites is 1. The van der Waals surface area contributed by atoms with E-state index >= 15 is 0 Å². The lowest BCUT2D eigenvalue weighted by Gasteiger charge is -2.28. The van der Waals surface area contributed by atoms with Crippen LogP contribution in [0, 0.1) is 5.82 Å². The van der Waals surface area contributed by atoms with E-state index in [4.69, 9.17) is 10.5 Å². The summed E-state index contributed by atoms with van der Waals surface area (Å²) >= 11 is 0. The van der Waals surface area contributed by atoms with Crippen LogP contribution in [0.2, 0.25) is 0 Å². The van der Waals surface area contributed by atoms with Crippen molar-refractivity contribution in [3.63, 3.8) is 0 Å². The molecule has 21 heavy (non-hydrogen) atoms. The van der Waals surface area contributed by atoms with Crippen LogP contribution in [0.3, 0.4) is 0 Å². The molecule has 1 unspecified atom stereocenters. The normalized spacial score (nSPS) is 13.7. The van der Waals surface area contributed by atoms with Gasteiger partial charge < -0.3 is 10.5 Å². The Morgan fingerprint density at radius 1 is 1.05 bits per heavy atom. The maximum Gasteiger partial charge on any atom is 0.165 e. The van der Waals surface area contributed by atoms with E-state index < -0.39 is 0 Å². The summed E-state index contributed by atoms with van der Waals surface area (Å²) in [5.41, 5.74) is 7.12. The van der Waals surface area contributed by atoms with E-state index in [1.54, 1.807) is 18.2 Å². The summed E-state index contributed by atoms with van der Waals surface area (Å²) in [6.45, 7) is 3.23. The number of rotatable bonds is 7. The summed E-state index contributed by atoms with van der Waals surface area (Å²) in [6, 6.07) is 16.7. The lowest BCUT2D eigenvalue weighted by atomic mass is 9.79. The first-order valence-electron chi connectivity index (χ1n) is 7.29. The number of ether oxygens (including phenoxy) is 1. The van der Waals surface area contributed by atoms with Crippen LogP contribution in [0.5, 0.6) is 5.75 Å². The topological polar surface area (TPSA) is 35.2 Å². The highest BCUT2D eigenvalue weighted by Gasteiger charge is 2.24. The molecule has 2 nitrogen and oxygen atoms in total. The van der Waals surface area contributed by atoms with Crippen molar-refractivity contribution in [2.24, 2.45) is 5.73 Å². The van der Waals surface area contributed by atoms with Crippen LogP contribution < -0.4 is 10.5 Å². The minimum absolute atomic E-state index is 0.0696. The van der Waals surface area contributed by atoms with Crippen LogP contribution in [0.25, 0.3) is 0 Å². The van der Waals surface area contributed by atoms with Crippen LogP contribution in [-0.2, 0) is 5.41 Å². The molecular weight excluding hydrogens is 265 g/mol. The molecule has 0 saturated heterocycles. The molecule has 2 rings (SSSR count). The molecule has 0 spiro atoms. The molecule has 0 heterocycles. The third-order valence-electron chi connectivity index (χ3n) is 3.89. The standard InChI is InChI=1S/C18H22FNO/c1-18(14-20,15-8-3-2-4-9-15)12-7-13-21-17-11-6-5-10-16(17)19/h2-6,8-11H,7,12-14,20H2,1H3. The van der Waals surface area contributed by atoms with Crippen molar-refractivity contribution in [2.75, 3.05) is 13.2 Å². The van der Waals surface area contributed by atoms with Crippen LogP contribution in [0.15, 0.2) is 54.6 Å². The van der Waals surface area contributed by atoms with Gasteiger partial charge in [0.2, 0.25) is 0 Å². The van der Waals surface area contributed by atoms with Gasteiger partial charge in [-0.25, -0.2) is 4.39 Å². The molecular formula is C18H22FNO. The van der Waals surface area contributed by atoms with Crippen LogP contribution in [0.4, 0.5) is 4.39 Å². The summed E-state index contributed by atoms with van der Waals surface area (Å²) < 4.78 is 18.9. The fourth-order valence-electron chi connectivity index (χ4n) is 2.41. The monoisotopic (exact) mass is 287 g/mol. The van der Waals surface area contributed by atoms with Gasteiger partial charge in [0.05, 0.1) is 6.61 Å². The van der Waals surface area contributed by atoms with Crippen molar-refractivity contribution in [2.45, 2.75) is 25.2 Å². The van der Waals surface area contributed by atoms with Gasteiger partial charge in [-0.1, -0.05) is 49.4 Å². The van der Waals surface area contributed by atoms with Crippen molar-refractivity contribution >= 4 is 0 Å². The first kappa shape index (κ1) is 15.5. The van der Waals surface area contributed by atoms with Crippen LogP contribution in [0.1, 0.15) is 25.3 Å². The van der Waals surface area contributed by atoms with Gasteiger partial charge in [0.1, 0.15) is 0 Å². The molecule has 0 aliphatic carbocycles. The Hall–Kier alpha value is -1.87. The van der Waals surface area contributed by atoms with Crippen molar-refractivity contribution in [3.05, 3.63) is 66.0 Å². The van der Waals surface area contributed by atoms with Gasteiger partial charge in [-0.15, -0.1) is 0 Å². The fourth-order valence-corrected chi connectivity index (χ4v) is 2.41. The number of nitrogens with two attached hydrogens (primary N) is 1. The highest BCUT2D eigenvalue weighted by atomic mass is 19.1. The molecule has 2 N–H and O–H groups in total. The molecule has 3 heteroatoms. The fraction of sp³-hybridized carbons (Fsp3) is 0.333. The number of benzene rings is 2. The Kier molecular flexibility index (Phi) is 5.34. The molecule has 0 aliphatic rings. The van der Waals surface area contributed by atoms with Crippen LogP contribution >= 0.6 is 0 Å². The molecule has 0 bridgehead atoms. The molecule has 1 atom stereocenters. The highest BCUT2D eigenvalue weighted by Crippen LogP contribution is 2.28. The third kappa shape index (κ3) is 4.05. The molecule has 0 saturated carbocycles. The van der Waals surface area contributed by atoms with Gasteiger partial charge in [0.15, 0.2) is 11.6 Å². The Bertz CT molecular complexity index is 558. The Morgan fingerprint density at radius 2 is 1.71 bits per heavy atom. The zero-order valence-electron chi connectivity index (χ0n) is 12.4. The van der Waals surface area contributed by atoms with E-state index in [1.165, 1.54) is 11.6 Å². The second-order valence-electron chi connectivity index (χ2n) is 5.51. The second kappa shape index (κ2) is 7.23. The Morgan fingerprint density at radius 3 is 2.38 bits per heavy atom. The Labute approximate surface area is 125 Å². The van der Waals surface area contributed by atoms with E-state index in [0.717, 1.165) is 12.8 Å². The average molecular weight is 287 g/mol. The minimum atomic E-state index is -0.317. The second-order valence-corrected chi connectivity index (χ2v) is 5.51. The largest absolute Gasteiger partial charge is 0.491 e. The van der Waals surface area contributed by atoms with Crippen molar-refractivity contribution < 1.29 is 9.13 Å². The smallest absolute Gasteiger partial charge is 0.165 e. The predicted molar refractivity (Wildman–Crippen MR) is 84.0 cm³/mol. The third-order valence-corrected chi connectivity index (χ3v) is 3.89. The van der Waals surface area contributed by atoms with Gasteiger partial charge in [-0.3, -0.25) is 0 Å². The first-order valence-corrected chi connectivity index (χ1v) is 7.29. The van der Waals surface area contributed by atoms with Gasteiger partial charge in [0.25, 0.3) is 0 Å². The summed E-state index contributed by atoms with van der Waals surface area (Å²) in [6.07, 6.45) is 1.74. The van der Waals surface area contributed by atoms with Gasteiger partial charge in [0, 0.05) is 12.0 Å². The van der Waals surface area contributed by atoms with Gasteiger partial charge >= 0.3 is 0 Å². The SMILES string of the molecule is CC(CN)(CCCOc1ccccc1F)c1ccccc1. The summed E-state index contributed by atoms with van der Waals surface area (Å²) in [5, 5.41) is 0. The van der Waals surface area contributed by atoms with Crippen LogP contribution in [-0.4, -0.2) is 13.2 Å². The number of halogens is 1. The molecule has 2 aromatic carbocycles. The van der Waals surface area contributed by atoms with Crippen molar-refractivity contribution in [1.82, 2.24) is 0 Å². The van der Waals surface area contributed by atoms with E-state index in [2.05, 4.69) is 19.1 Å². The molecule has 0 radical (unpaired) electrons. The molecule has 0 amide bonds. The van der Waals surface area contributed by atoms with E-state index in [1.807, 2.05) is 18.2 Å². The van der Waals surface area contributed by atoms with Gasteiger partial charge in [-0.2, -0.15) is 0 Å². The number of hydrogen-bond acceptors (Lipinski definition) is 2. The summed E-state index contributed by atoms with van der Waals surface area (Å²) in [5.74, 6) is -0.00573. The van der Waals surface area contributed by atoms with E-state index in [0.29, 0.717) is 18.9 Å². The lowest BCUT2D eigenvalue weighted by molar-refractivity contribution is 0.274. The highest BCUT2D eigenvalue weighted by molar-refractivity contribution is 5.25. The maximum atomic E-state index is 13.4. The van der Waals surface area contributed by atoms with E-state index in [9.17, 15) is 4.39 Å². The zero-order chi connectivity index (χ0) is 15.1. The molecule has 0 aromatic heterocycles. The lowest BCUT2D eigenvalue weighted by Crippen LogP contribution is -2.32. The predicted octanol–water partition coefficient (Wildman–Crippen LogP) is 3.90. The molecule has 112 valence electrons. The first-order chi connectivity index (χ1) is 10.2. The minimum Gasteiger partial charge on any atom is -0.491 e. The zero-order valence-corrected chi connectivity index (χ0v) is 12.4. The van der Waals surface area contributed by atoms with Crippen molar-refractivity contribution in [3.8, 4) is 5.75 Å². The quantitative estimate of drug-likeness (QED) is 0.784. The molecule has 2 aromatic rings. The number of hydrogen-bond donors (Lipinski definition) is 1. The van der Waals surface area contributed by atoms with Crippen molar-refractivity contribution in [1.29, 1.82) is 0 Å².